The van der Waals surface area contributed by atoms with Gasteiger partial charge in [-0.2, -0.15) is 0 Å². The Hall–Kier alpha value is -0.220. The lowest BCUT2D eigenvalue weighted by atomic mass is 9.82. The van der Waals surface area contributed by atoms with Crippen LogP contribution < -0.4 is 11.5 Å². The summed E-state index contributed by atoms with van der Waals surface area (Å²) in [7, 11) is 0. The Kier molecular flexibility index (Phi) is 2.07. The standard InChI is InChI=1S/C9H16F2N2/c10-9(11)7-1-5(3-12)8(9)2-6(7)4-13/h5-8H,1-4,12-13H2. The second-order valence-electron chi connectivity index (χ2n) is 4.35. The lowest BCUT2D eigenvalue weighted by Gasteiger charge is -2.23. The number of nitrogens with two attached hydrogens (primary N) is 2. The Labute approximate surface area is 76.7 Å². The Bertz CT molecular complexity index is 188. The summed E-state index contributed by atoms with van der Waals surface area (Å²) in [5, 5.41) is 0. The lowest BCUT2D eigenvalue weighted by molar-refractivity contribution is -0.0535. The maximum atomic E-state index is 13.6. The normalized spacial score (nSPS) is 47.1. The van der Waals surface area contributed by atoms with Gasteiger partial charge in [0.25, 0.3) is 5.92 Å². The second-order valence-corrected chi connectivity index (χ2v) is 4.35. The first kappa shape index (κ1) is 9.34. The van der Waals surface area contributed by atoms with E-state index >= 15 is 0 Å². The Morgan fingerprint density at radius 1 is 1.00 bits per heavy atom. The number of alkyl halides is 2. The van der Waals surface area contributed by atoms with Gasteiger partial charge in [0.1, 0.15) is 0 Å². The van der Waals surface area contributed by atoms with Crippen LogP contribution in [0.1, 0.15) is 12.8 Å². The van der Waals surface area contributed by atoms with Gasteiger partial charge in [-0.25, -0.2) is 8.78 Å². The van der Waals surface area contributed by atoms with Gasteiger partial charge < -0.3 is 11.5 Å². The van der Waals surface area contributed by atoms with Crippen LogP contribution in [0, 0.1) is 23.7 Å². The maximum absolute atomic E-state index is 13.6. The molecule has 76 valence electrons. The van der Waals surface area contributed by atoms with E-state index < -0.39 is 17.8 Å². The van der Waals surface area contributed by atoms with E-state index in [0.29, 0.717) is 25.9 Å². The monoisotopic (exact) mass is 190 g/mol. The molecule has 4 unspecified atom stereocenters. The maximum Gasteiger partial charge on any atom is 0.254 e. The van der Waals surface area contributed by atoms with Gasteiger partial charge in [0.05, 0.1) is 0 Å². The van der Waals surface area contributed by atoms with Gasteiger partial charge in [0.2, 0.25) is 0 Å². The molecule has 0 radical (unpaired) electrons. The van der Waals surface area contributed by atoms with Gasteiger partial charge in [0, 0.05) is 11.8 Å². The summed E-state index contributed by atoms with van der Waals surface area (Å²) in [5.74, 6) is -3.41. The van der Waals surface area contributed by atoms with Crippen LogP contribution in [0.2, 0.25) is 0 Å². The summed E-state index contributed by atoms with van der Waals surface area (Å²) >= 11 is 0. The zero-order valence-electron chi connectivity index (χ0n) is 7.55. The lowest BCUT2D eigenvalue weighted by Crippen LogP contribution is -2.27. The molecule has 2 aliphatic carbocycles. The van der Waals surface area contributed by atoms with Gasteiger partial charge in [-0.1, -0.05) is 0 Å². The smallest absolute Gasteiger partial charge is 0.254 e. The molecular formula is C9H16F2N2. The minimum atomic E-state index is -2.49. The van der Waals surface area contributed by atoms with Crippen molar-refractivity contribution in [1.29, 1.82) is 0 Å². The fourth-order valence-electron chi connectivity index (χ4n) is 3.10. The van der Waals surface area contributed by atoms with Gasteiger partial charge >= 0.3 is 0 Å². The van der Waals surface area contributed by atoms with Crippen LogP contribution in [0.4, 0.5) is 8.78 Å². The molecule has 0 aliphatic heterocycles. The summed E-state index contributed by atoms with van der Waals surface area (Å²) in [4.78, 5) is 0. The highest BCUT2D eigenvalue weighted by Gasteiger charge is 2.63. The minimum Gasteiger partial charge on any atom is -0.330 e. The van der Waals surface area contributed by atoms with Crippen LogP contribution in [0.3, 0.4) is 0 Å². The summed E-state index contributed by atoms with van der Waals surface area (Å²) in [6, 6.07) is 0. The first-order valence-corrected chi connectivity index (χ1v) is 4.89. The molecule has 2 fully saturated rings. The molecule has 4 heteroatoms. The second kappa shape index (κ2) is 2.89. The number of halogens is 2. The fraction of sp³-hybridized carbons (Fsp3) is 1.00. The van der Waals surface area contributed by atoms with Gasteiger partial charge in [-0.15, -0.1) is 0 Å². The van der Waals surface area contributed by atoms with Crippen LogP contribution in [-0.2, 0) is 0 Å². The van der Waals surface area contributed by atoms with Crippen molar-refractivity contribution >= 4 is 0 Å². The molecule has 13 heavy (non-hydrogen) atoms. The first-order chi connectivity index (χ1) is 6.11. The molecule has 0 heterocycles. The highest BCUT2D eigenvalue weighted by molar-refractivity contribution is 5.06. The Balaban J connectivity index is 2.18. The summed E-state index contributed by atoms with van der Waals surface area (Å²) in [6.45, 7) is 0.794. The van der Waals surface area contributed by atoms with E-state index in [0.717, 1.165) is 0 Å². The third-order valence-electron chi connectivity index (χ3n) is 3.85. The molecule has 2 rings (SSSR count). The van der Waals surface area contributed by atoms with Crippen molar-refractivity contribution in [2.45, 2.75) is 18.8 Å². The molecule has 2 nitrogen and oxygen atoms in total. The average molecular weight is 190 g/mol. The van der Waals surface area contributed by atoms with Crippen molar-refractivity contribution in [1.82, 2.24) is 0 Å². The predicted molar refractivity (Wildman–Crippen MR) is 46.2 cm³/mol. The van der Waals surface area contributed by atoms with E-state index in [2.05, 4.69) is 0 Å². The van der Waals surface area contributed by atoms with E-state index in [4.69, 9.17) is 11.5 Å². The van der Waals surface area contributed by atoms with Crippen molar-refractivity contribution in [3.63, 3.8) is 0 Å². The van der Waals surface area contributed by atoms with Crippen molar-refractivity contribution in [3.8, 4) is 0 Å². The van der Waals surface area contributed by atoms with Crippen LogP contribution >= 0.6 is 0 Å². The summed E-state index contributed by atoms with van der Waals surface area (Å²) < 4.78 is 27.1. The molecule has 0 aromatic rings. The quantitative estimate of drug-likeness (QED) is 0.677. The topological polar surface area (TPSA) is 52.0 Å². The number of hydrogen-bond acceptors (Lipinski definition) is 2. The van der Waals surface area contributed by atoms with E-state index in [1.165, 1.54) is 0 Å². The van der Waals surface area contributed by atoms with E-state index in [-0.39, 0.29) is 11.8 Å². The molecule has 0 amide bonds. The SMILES string of the molecule is NCC1CC2C(CN)CC1C2(F)F. The molecule has 0 spiro atoms. The third-order valence-corrected chi connectivity index (χ3v) is 3.85. The largest absolute Gasteiger partial charge is 0.330 e. The highest BCUT2D eigenvalue weighted by atomic mass is 19.3. The number of hydrogen-bond donors (Lipinski definition) is 2. The molecule has 2 bridgehead atoms. The van der Waals surface area contributed by atoms with Crippen LogP contribution in [0.25, 0.3) is 0 Å². The predicted octanol–water partition coefficient (Wildman–Crippen LogP) is 0.811. The zero-order valence-corrected chi connectivity index (χ0v) is 7.55. The highest BCUT2D eigenvalue weighted by Crippen LogP contribution is 2.60. The van der Waals surface area contributed by atoms with Crippen LogP contribution in [0.5, 0.6) is 0 Å². The third kappa shape index (κ3) is 1.12. The molecule has 0 aromatic carbocycles. The van der Waals surface area contributed by atoms with Crippen molar-refractivity contribution in [2.24, 2.45) is 35.1 Å². The van der Waals surface area contributed by atoms with E-state index in [9.17, 15) is 8.78 Å². The first-order valence-electron chi connectivity index (χ1n) is 4.89. The molecule has 0 aromatic heterocycles. The number of fused-ring (bicyclic) bond motifs is 2. The molecule has 0 saturated heterocycles. The fourth-order valence-corrected chi connectivity index (χ4v) is 3.10. The minimum absolute atomic E-state index is 0.0304. The van der Waals surface area contributed by atoms with Crippen LogP contribution in [0.15, 0.2) is 0 Å². The van der Waals surface area contributed by atoms with E-state index in [1.807, 2.05) is 0 Å². The molecule has 4 atom stereocenters. The van der Waals surface area contributed by atoms with Crippen LogP contribution in [-0.4, -0.2) is 19.0 Å². The molecular weight excluding hydrogens is 174 g/mol. The zero-order chi connectivity index (χ0) is 9.64. The van der Waals surface area contributed by atoms with Crippen molar-refractivity contribution < 1.29 is 8.78 Å². The molecule has 2 aliphatic rings. The summed E-state index contributed by atoms with van der Waals surface area (Å²) in [6.07, 6.45) is 1.16. The average Bonchev–Trinajstić information content (AvgIpc) is 2.51. The van der Waals surface area contributed by atoms with Crippen molar-refractivity contribution in [2.75, 3.05) is 13.1 Å². The Morgan fingerprint density at radius 2 is 1.38 bits per heavy atom. The van der Waals surface area contributed by atoms with E-state index in [1.54, 1.807) is 0 Å². The Morgan fingerprint density at radius 3 is 1.62 bits per heavy atom. The molecule has 2 saturated carbocycles. The van der Waals surface area contributed by atoms with Gasteiger partial charge in [-0.05, 0) is 37.8 Å². The van der Waals surface area contributed by atoms with Crippen molar-refractivity contribution in [3.05, 3.63) is 0 Å². The molecule has 4 N–H and O–H groups in total. The van der Waals surface area contributed by atoms with Gasteiger partial charge in [0.15, 0.2) is 0 Å². The number of rotatable bonds is 2. The van der Waals surface area contributed by atoms with Gasteiger partial charge in [-0.3, -0.25) is 0 Å². The summed E-state index contributed by atoms with van der Waals surface area (Å²) in [5.41, 5.74) is 10.9.